The molecule has 1 saturated heterocycles. The number of rotatable bonds is 1. The van der Waals surface area contributed by atoms with Crippen LogP contribution >= 0.6 is 0 Å². The Morgan fingerprint density at radius 1 is 1.24 bits per heavy atom. The fourth-order valence-electron chi connectivity index (χ4n) is 3.22. The molecule has 1 N–H and O–H groups in total. The zero-order valence-electron chi connectivity index (χ0n) is 12.2. The zero-order valence-corrected chi connectivity index (χ0v) is 12.2. The molecule has 1 aromatic rings. The molecule has 0 saturated carbocycles. The van der Waals surface area contributed by atoms with Crippen molar-refractivity contribution in [3.63, 3.8) is 0 Å². The van der Waals surface area contributed by atoms with Crippen LogP contribution in [0.1, 0.15) is 18.9 Å². The van der Waals surface area contributed by atoms with Crippen molar-refractivity contribution in [3.05, 3.63) is 29.8 Å². The molecule has 2 aliphatic rings. The summed E-state index contributed by atoms with van der Waals surface area (Å²) in [6.45, 7) is 3.92. The Balaban J connectivity index is 1.89. The van der Waals surface area contributed by atoms with Crippen LogP contribution in [0.3, 0.4) is 0 Å². The molecule has 0 spiro atoms. The van der Waals surface area contributed by atoms with Gasteiger partial charge in [-0.25, -0.2) is 4.79 Å². The number of carboxylic acid groups (broad SMARTS) is 1. The van der Waals surface area contributed by atoms with Crippen molar-refractivity contribution in [3.8, 4) is 0 Å². The molecule has 0 radical (unpaired) electrons. The Morgan fingerprint density at radius 3 is 2.67 bits per heavy atom. The second-order valence-corrected chi connectivity index (χ2v) is 6.10. The Morgan fingerprint density at radius 2 is 2.00 bits per heavy atom. The van der Waals surface area contributed by atoms with Crippen LogP contribution in [0.2, 0.25) is 0 Å². The van der Waals surface area contributed by atoms with Crippen molar-refractivity contribution in [2.45, 2.75) is 19.8 Å². The summed E-state index contributed by atoms with van der Waals surface area (Å²) >= 11 is 0. The molecule has 5 heteroatoms. The van der Waals surface area contributed by atoms with Gasteiger partial charge >= 0.3 is 12.0 Å². The highest BCUT2D eigenvalue weighted by atomic mass is 16.4. The van der Waals surface area contributed by atoms with Gasteiger partial charge in [0.2, 0.25) is 0 Å². The van der Waals surface area contributed by atoms with Crippen LogP contribution in [0.5, 0.6) is 0 Å². The van der Waals surface area contributed by atoms with Gasteiger partial charge in [-0.05, 0) is 30.4 Å². The normalized spacial score (nSPS) is 24.8. The zero-order chi connectivity index (χ0) is 15.0. The van der Waals surface area contributed by atoms with E-state index in [1.54, 1.807) is 4.90 Å². The average Bonchev–Trinajstić information content (AvgIpc) is 2.92. The number of carbonyl (C=O) groups excluding carboxylic acids is 1. The van der Waals surface area contributed by atoms with Gasteiger partial charge in [-0.1, -0.05) is 25.1 Å². The minimum absolute atomic E-state index is 0.0576. The predicted molar refractivity (Wildman–Crippen MR) is 79.4 cm³/mol. The van der Waals surface area contributed by atoms with Gasteiger partial charge in [0.05, 0.1) is 5.92 Å². The quantitative estimate of drug-likeness (QED) is 0.862. The van der Waals surface area contributed by atoms with Crippen molar-refractivity contribution < 1.29 is 14.7 Å². The molecule has 0 bridgehead atoms. The molecule has 112 valence electrons. The minimum atomic E-state index is -0.836. The number of fused-ring (bicyclic) bond motifs is 1. The molecule has 2 atom stereocenters. The van der Waals surface area contributed by atoms with Crippen molar-refractivity contribution in [1.29, 1.82) is 0 Å². The summed E-state index contributed by atoms with van der Waals surface area (Å²) in [5.74, 6) is -0.842. The highest BCUT2D eigenvalue weighted by Crippen LogP contribution is 2.31. The highest BCUT2D eigenvalue weighted by molar-refractivity contribution is 5.94. The monoisotopic (exact) mass is 288 g/mol. The number of amides is 2. The Kier molecular flexibility index (Phi) is 3.57. The molecule has 5 nitrogen and oxygen atoms in total. The van der Waals surface area contributed by atoms with Gasteiger partial charge in [-0.15, -0.1) is 0 Å². The number of para-hydroxylation sites is 1. The number of hydrogen-bond donors (Lipinski definition) is 1. The maximum absolute atomic E-state index is 12.7. The average molecular weight is 288 g/mol. The first kappa shape index (κ1) is 13.9. The molecule has 2 amide bonds. The number of urea groups is 1. The molecular formula is C16H20N2O3. The third kappa shape index (κ3) is 2.60. The van der Waals surface area contributed by atoms with Gasteiger partial charge in [0, 0.05) is 25.3 Å². The molecule has 2 heterocycles. The van der Waals surface area contributed by atoms with Crippen LogP contribution in [0.15, 0.2) is 24.3 Å². The van der Waals surface area contributed by atoms with Gasteiger partial charge in [-0.2, -0.15) is 0 Å². The highest BCUT2D eigenvalue weighted by Gasteiger charge is 2.35. The van der Waals surface area contributed by atoms with E-state index in [4.69, 9.17) is 0 Å². The van der Waals surface area contributed by atoms with Crippen LogP contribution < -0.4 is 4.90 Å². The van der Waals surface area contributed by atoms with E-state index in [0.717, 1.165) is 30.8 Å². The number of aliphatic carboxylic acids is 1. The summed E-state index contributed by atoms with van der Waals surface area (Å²) in [5, 5.41) is 9.32. The van der Waals surface area contributed by atoms with E-state index in [-0.39, 0.29) is 12.6 Å². The number of carbonyl (C=O) groups is 2. The second-order valence-electron chi connectivity index (χ2n) is 6.10. The molecular weight excluding hydrogens is 268 g/mol. The van der Waals surface area contributed by atoms with Gasteiger partial charge in [0.15, 0.2) is 0 Å². The van der Waals surface area contributed by atoms with E-state index >= 15 is 0 Å². The topological polar surface area (TPSA) is 60.9 Å². The molecule has 21 heavy (non-hydrogen) atoms. The Bertz CT molecular complexity index is 572. The first-order valence-corrected chi connectivity index (χ1v) is 7.43. The fourth-order valence-corrected chi connectivity index (χ4v) is 3.22. The van der Waals surface area contributed by atoms with Crippen LogP contribution in [-0.4, -0.2) is 41.6 Å². The van der Waals surface area contributed by atoms with E-state index in [2.05, 4.69) is 6.92 Å². The smallest absolute Gasteiger partial charge is 0.324 e. The third-order valence-electron chi connectivity index (χ3n) is 4.43. The maximum atomic E-state index is 12.7. The second kappa shape index (κ2) is 5.39. The number of benzene rings is 1. The van der Waals surface area contributed by atoms with Crippen molar-refractivity contribution in [2.24, 2.45) is 11.8 Å². The molecule has 1 fully saturated rings. The number of carboxylic acids is 1. The SMILES string of the molecule is CC1CCN(C(=O)N2CC(C(=O)O)Cc3ccccc32)C1. The minimum Gasteiger partial charge on any atom is -0.481 e. The first-order valence-electron chi connectivity index (χ1n) is 7.43. The lowest BCUT2D eigenvalue weighted by molar-refractivity contribution is -0.141. The number of anilines is 1. The molecule has 2 aliphatic heterocycles. The van der Waals surface area contributed by atoms with Crippen LogP contribution in [0, 0.1) is 11.8 Å². The summed E-state index contributed by atoms with van der Waals surface area (Å²) in [6.07, 6.45) is 1.51. The van der Waals surface area contributed by atoms with E-state index in [1.165, 1.54) is 0 Å². The summed E-state index contributed by atoms with van der Waals surface area (Å²) in [6, 6.07) is 7.55. The van der Waals surface area contributed by atoms with Gasteiger partial charge in [0.1, 0.15) is 0 Å². The molecule has 0 aliphatic carbocycles. The Hall–Kier alpha value is -2.04. The number of hydrogen-bond acceptors (Lipinski definition) is 2. The summed E-state index contributed by atoms with van der Waals surface area (Å²) in [5.41, 5.74) is 1.80. The molecule has 0 aromatic heterocycles. The largest absolute Gasteiger partial charge is 0.481 e. The lowest BCUT2D eigenvalue weighted by Crippen LogP contribution is -2.48. The van der Waals surface area contributed by atoms with Gasteiger partial charge in [-0.3, -0.25) is 9.69 Å². The first-order chi connectivity index (χ1) is 10.1. The van der Waals surface area contributed by atoms with Crippen LogP contribution in [0.25, 0.3) is 0 Å². The van der Waals surface area contributed by atoms with Crippen molar-refractivity contribution in [1.82, 2.24) is 4.90 Å². The van der Waals surface area contributed by atoms with Crippen LogP contribution in [-0.2, 0) is 11.2 Å². The standard InChI is InChI=1S/C16H20N2O3/c1-11-6-7-17(9-11)16(21)18-10-13(15(19)20)8-12-4-2-3-5-14(12)18/h2-5,11,13H,6-10H2,1H3,(H,19,20). The number of nitrogens with zero attached hydrogens (tertiary/aromatic N) is 2. The molecule has 1 aromatic carbocycles. The lowest BCUT2D eigenvalue weighted by Gasteiger charge is -2.35. The fraction of sp³-hybridized carbons (Fsp3) is 0.500. The van der Waals surface area contributed by atoms with E-state index in [0.29, 0.717) is 12.3 Å². The summed E-state index contributed by atoms with van der Waals surface area (Å²) < 4.78 is 0. The van der Waals surface area contributed by atoms with Gasteiger partial charge in [0.25, 0.3) is 0 Å². The van der Waals surface area contributed by atoms with E-state index in [1.807, 2.05) is 29.2 Å². The number of likely N-dealkylation sites (tertiary alicyclic amines) is 1. The van der Waals surface area contributed by atoms with Gasteiger partial charge < -0.3 is 10.0 Å². The van der Waals surface area contributed by atoms with Crippen molar-refractivity contribution >= 4 is 17.7 Å². The Labute approximate surface area is 124 Å². The molecule has 2 unspecified atom stereocenters. The van der Waals surface area contributed by atoms with E-state index < -0.39 is 11.9 Å². The predicted octanol–water partition coefficient (Wildman–Crippen LogP) is 2.21. The van der Waals surface area contributed by atoms with Crippen LogP contribution in [0.4, 0.5) is 10.5 Å². The third-order valence-corrected chi connectivity index (χ3v) is 4.43. The lowest BCUT2D eigenvalue weighted by atomic mass is 9.93. The molecule has 3 rings (SSSR count). The van der Waals surface area contributed by atoms with Crippen molar-refractivity contribution in [2.75, 3.05) is 24.5 Å². The summed E-state index contributed by atoms with van der Waals surface area (Å²) in [7, 11) is 0. The van der Waals surface area contributed by atoms with E-state index in [9.17, 15) is 14.7 Å². The maximum Gasteiger partial charge on any atom is 0.324 e. The summed E-state index contributed by atoms with van der Waals surface area (Å²) in [4.78, 5) is 27.6.